The first-order chi connectivity index (χ1) is 8.36. The van der Waals surface area contributed by atoms with E-state index in [1.807, 2.05) is 25.9 Å². The predicted molar refractivity (Wildman–Crippen MR) is 72.3 cm³/mol. The lowest BCUT2D eigenvalue weighted by molar-refractivity contribution is 0.412. The number of pyridine rings is 1. The molecule has 1 rings (SSSR count). The first-order valence-corrected chi connectivity index (χ1v) is 7.14. The molecular formula is C11H20N4O2S. The quantitative estimate of drug-likeness (QED) is 0.777. The summed E-state index contributed by atoms with van der Waals surface area (Å²) in [5, 5.41) is 2.90. The van der Waals surface area contributed by atoms with Gasteiger partial charge in [-0.2, -0.15) is 0 Å². The molecule has 2 N–H and O–H groups in total. The minimum absolute atomic E-state index is 0.192. The second-order valence-corrected chi connectivity index (χ2v) is 6.05. The number of sulfonamides is 1. The zero-order valence-electron chi connectivity index (χ0n) is 11.2. The van der Waals surface area contributed by atoms with Gasteiger partial charge in [-0.15, -0.1) is 0 Å². The van der Waals surface area contributed by atoms with Crippen LogP contribution in [0.2, 0.25) is 0 Å². The van der Waals surface area contributed by atoms with Crippen LogP contribution in [-0.4, -0.2) is 52.5 Å². The van der Waals surface area contributed by atoms with E-state index in [2.05, 4.69) is 15.0 Å². The first-order valence-electron chi connectivity index (χ1n) is 5.65. The molecule has 7 heteroatoms. The van der Waals surface area contributed by atoms with Crippen LogP contribution in [0.4, 0.5) is 5.82 Å². The van der Waals surface area contributed by atoms with Gasteiger partial charge in [0.15, 0.2) is 0 Å². The molecule has 102 valence electrons. The summed E-state index contributed by atoms with van der Waals surface area (Å²) in [4.78, 5) is 6.17. The molecule has 0 aromatic carbocycles. The van der Waals surface area contributed by atoms with Gasteiger partial charge < -0.3 is 10.2 Å². The van der Waals surface area contributed by atoms with Gasteiger partial charge >= 0.3 is 0 Å². The number of anilines is 1. The summed E-state index contributed by atoms with van der Waals surface area (Å²) in [6.45, 7) is 2.85. The van der Waals surface area contributed by atoms with E-state index in [1.165, 1.54) is 6.20 Å². The van der Waals surface area contributed by atoms with Crippen LogP contribution in [0.3, 0.4) is 0 Å². The van der Waals surface area contributed by atoms with Crippen molar-refractivity contribution in [2.24, 2.45) is 0 Å². The summed E-state index contributed by atoms with van der Waals surface area (Å²) in [5.74, 6) is 0.683. The monoisotopic (exact) mass is 272 g/mol. The van der Waals surface area contributed by atoms with Crippen LogP contribution < -0.4 is 10.0 Å². The normalized spacial score (nSPS) is 11.8. The average Bonchev–Trinajstić information content (AvgIpc) is 2.28. The van der Waals surface area contributed by atoms with Crippen LogP contribution in [0.15, 0.2) is 17.2 Å². The van der Waals surface area contributed by atoms with E-state index in [9.17, 15) is 8.42 Å². The van der Waals surface area contributed by atoms with Gasteiger partial charge in [0.2, 0.25) is 10.0 Å². The highest BCUT2D eigenvalue weighted by molar-refractivity contribution is 7.89. The Labute approximate surface area is 108 Å². The number of hydrogen-bond acceptors (Lipinski definition) is 5. The molecule has 1 heterocycles. The lowest BCUT2D eigenvalue weighted by atomic mass is 10.3. The molecule has 0 fully saturated rings. The van der Waals surface area contributed by atoms with E-state index in [0.717, 1.165) is 5.56 Å². The Morgan fingerprint density at radius 2 is 2.06 bits per heavy atom. The maximum atomic E-state index is 12.0. The van der Waals surface area contributed by atoms with Crippen molar-refractivity contribution in [1.29, 1.82) is 0 Å². The van der Waals surface area contributed by atoms with Gasteiger partial charge in [0.25, 0.3) is 0 Å². The average molecular weight is 272 g/mol. The second-order valence-electron chi connectivity index (χ2n) is 4.29. The Balaban J connectivity index is 2.82. The van der Waals surface area contributed by atoms with Gasteiger partial charge in [-0.25, -0.2) is 18.1 Å². The summed E-state index contributed by atoms with van der Waals surface area (Å²) in [6, 6.07) is 1.61. The van der Waals surface area contributed by atoms with Crippen LogP contribution in [-0.2, 0) is 10.0 Å². The van der Waals surface area contributed by atoms with Crippen LogP contribution in [0.1, 0.15) is 5.56 Å². The Morgan fingerprint density at radius 3 is 2.56 bits per heavy atom. The van der Waals surface area contributed by atoms with Crippen molar-refractivity contribution in [3.63, 3.8) is 0 Å². The van der Waals surface area contributed by atoms with Crippen molar-refractivity contribution in [2.45, 2.75) is 11.8 Å². The number of aromatic nitrogens is 1. The van der Waals surface area contributed by atoms with Gasteiger partial charge in [-0.3, -0.25) is 0 Å². The third-order valence-corrected chi connectivity index (χ3v) is 3.88. The molecule has 1 aromatic heterocycles. The van der Waals surface area contributed by atoms with Gasteiger partial charge in [0.05, 0.1) is 0 Å². The summed E-state index contributed by atoms with van der Waals surface area (Å²) >= 11 is 0. The Bertz CT molecular complexity index is 500. The number of hydrogen-bond donors (Lipinski definition) is 2. The van der Waals surface area contributed by atoms with Crippen LogP contribution >= 0.6 is 0 Å². The Morgan fingerprint density at radius 1 is 1.39 bits per heavy atom. The smallest absolute Gasteiger partial charge is 0.242 e. The molecule has 0 atom stereocenters. The largest absolute Gasteiger partial charge is 0.373 e. The van der Waals surface area contributed by atoms with Crippen LogP contribution in [0, 0.1) is 6.92 Å². The van der Waals surface area contributed by atoms with E-state index in [1.54, 1.807) is 13.1 Å². The summed E-state index contributed by atoms with van der Waals surface area (Å²) in [5.41, 5.74) is 0.799. The second kappa shape index (κ2) is 6.12. The minimum Gasteiger partial charge on any atom is -0.373 e. The Kier molecular flexibility index (Phi) is 5.06. The molecule has 0 aliphatic carbocycles. The number of nitrogens with one attached hydrogen (secondary N) is 2. The predicted octanol–water partition coefficient (Wildman–Crippen LogP) is 0.272. The molecule has 0 saturated heterocycles. The van der Waals surface area contributed by atoms with E-state index < -0.39 is 10.0 Å². The lowest BCUT2D eigenvalue weighted by Crippen LogP contribution is -2.31. The fourth-order valence-electron chi connectivity index (χ4n) is 1.44. The van der Waals surface area contributed by atoms with Crippen molar-refractivity contribution in [3.8, 4) is 0 Å². The van der Waals surface area contributed by atoms with E-state index in [0.29, 0.717) is 18.9 Å². The van der Waals surface area contributed by atoms with E-state index in [-0.39, 0.29) is 4.90 Å². The highest BCUT2D eigenvalue weighted by Crippen LogP contribution is 2.15. The third kappa shape index (κ3) is 3.94. The maximum Gasteiger partial charge on any atom is 0.242 e. The standard InChI is InChI=1S/C11H20N4O2S/c1-9-7-10(8-13-11(9)12-2)18(16,17)14-5-6-15(3)4/h7-8,14H,5-6H2,1-4H3,(H,12,13). The molecule has 0 aliphatic rings. The van der Waals surface area contributed by atoms with Gasteiger partial charge in [0, 0.05) is 26.3 Å². The van der Waals surface area contributed by atoms with Crippen molar-refractivity contribution in [2.75, 3.05) is 39.5 Å². The van der Waals surface area contributed by atoms with Crippen molar-refractivity contribution in [1.82, 2.24) is 14.6 Å². The molecular weight excluding hydrogens is 252 g/mol. The molecule has 0 unspecified atom stereocenters. The summed E-state index contributed by atoms with van der Waals surface area (Å²) in [6.07, 6.45) is 1.36. The fraction of sp³-hybridized carbons (Fsp3) is 0.545. The van der Waals surface area contributed by atoms with E-state index in [4.69, 9.17) is 0 Å². The molecule has 0 spiro atoms. The highest BCUT2D eigenvalue weighted by Gasteiger charge is 2.15. The summed E-state index contributed by atoms with van der Waals surface area (Å²) < 4.78 is 26.5. The molecule has 6 nitrogen and oxygen atoms in total. The number of rotatable bonds is 6. The molecule has 0 bridgehead atoms. The third-order valence-electron chi connectivity index (χ3n) is 2.45. The zero-order chi connectivity index (χ0) is 13.8. The van der Waals surface area contributed by atoms with Crippen LogP contribution in [0.5, 0.6) is 0 Å². The summed E-state index contributed by atoms with van der Waals surface area (Å²) in [7, 11) is 2.06. The van der Waals surface area contributed by atoms with E-state index >= 15 is 0 Å². The van der Waals surface area contributed by atoms with Crippen molar-refractivity contribution < 1.29 is 8.42 Å². The first kappa shape index (κ1) is 14.9. The van der Waals surface area contributed by atoms with Crippen molar-refractivity contribution in [3.05, 3.63) is 17.8 Å². The SMILES string of the molecule is CNc1ncc(S(=O)(=O)NCCN(C)C)cc1C. The highest BCUT2D eigenvalue weighted by atomic mass is 32.2. The number of nitrogens with zero attached hydrogens (tertiary/aromatic N) is 2. The number of aryl methyl sites for hydroxylation is 1. The van der Waals surface area contributed by atoms with Crippen LogP contribution in [0.25, 0.3) is 0 Å². The molecule has 0 aliphatic heterocycles. The van der Waals surface area contributed by atoms with Gasteiger partial charge in [-0.05, 0) is 32.6 Å². The zero-order valence-corrected chi connectivity index (χ0v) is 12.0. The van der Waals surface area contributed by atoms with Gasteiger partial charge in [-0.1, -0.05) is 0 Å². The maximum absolute atomic E-state index is 12.0. The Hall–Kier alpha value is -1.18. The molecule has 0 radical (unpaired) electrons. The fourth-order valence-corrected chi connectivity index (χ4v) is 2.49. The molecule has 0 amide bonds. The van der Waals surface area contributed by atoms with Crippen molar-refractivity contribution >= 4 is 15.8 Å². The molecule has 18 heavy (non-hydrogen) atoms. The molecule has 0 saturated carbocycles. The number of likely N-dealkylation sites (N-methyl/N-ethyl adjacent to an activating group) is 1. The minimum atomic E-state index is -3.47. The lowest BCUT2D eigenvalue weighted by Gasteiger charge is -2.12. The topological polar surface area (TPSA) is 74.3 Å². The van der Waals surface area contributed by atoms with Gasteiger partial charge in [0.1, 0.15) is 10.7 Å². The molecule has 1 aromatic rings.